The van der Waals surface area contributed by atoms with Crippen molar-refractivity contribution in [3.8, 4) is 0 Å². The first-order chi connectivity index (χ1) is 11.1. The fraction of sp³-hybridized carbons (Fsp3) is 0.278. The van der Waals surface area contributed by atoms with Crippen molar-refractivity contribution >= 4 is 12.0 Å². The third kappa shape index (κ3) is 5.00. The van der Waals surface area contributed by atoms with E-state index in [0.717, 1.165) is 11.1 Å². The Morgan fingerprint density at radius 2 is 2.04 bits per heavy atom. The topological polar surface area (TPSA) is 66.3 Å². The van der Waals surface area contributed by atoms with Crippen LogP contribution in [0.25, 0.3) is 6.08 Å². The van der Waals surface area contributed by atoms with Crippen LogP contribution in [-0.4, -0.2) is 39.0 Å². The van der Waals surface area contributed by atoms with E-state index >= 15 is 0 Å². The van der Waals surface area contributed by atoms with Crippen LogP contribution in [-0.2, 0) is 4.79 Å². The molecule has 2 aromatic rings. The Labute approximate surface area is 136 Å². The third-order valence-corrected chi connectivity index (χ3v) is 3.55. The molecule has 1 unspecified atom stereocenters. The first-order valence-electron chi connectivity index (χ1n) is 7.57. The molecule has 2 rings (SSSR count). The van der Waals surface area contributed by atoms with Gasteiger partial charge < -0.3 is 10.0 Å². The molecule has 5 nitrogen and oxygen atoms in total. The van der Waals surface area contributed by atoms with E-state index in [1.807, 2.05) is 38.1 Å². The molecule has 0 spiro atoms. The number of hydrogen-bond donors (Lipinski definition) is 1. The number of carbonyl (C=O) groups excluding carboxylic acids is 1. The number of aliphatic hydroxyl groups excluding tert-OH is 1. The van der Waals surface area contributed by atoms with E-state index in [2.05, 4.69) is 9.97 Å². The standard InChI is InChI=1S/C18H21N3O2/c1-3-21(12-17(22)15-6-4-14(2)5-7-15)18(23)9-8-16-10-11-19-13-20-16/h4-11,13,17,22H,3,12H2,1-2H3/b9-8+. The predicted octanol–water partition coefficient (Wildman–Crippen LogP) is 2.38. The minimum atomic E-state index is -0.702. The fourth-order valence-electron chi connectivity index (χ4n) is 2.14. The zero-order valence-corrected chi connectivity index (χ0v) is 13.4. The lowest BCUT2D eigenvalue weighted by molar-refractivity contribution is -0.127. The second-order valence-corrected chi connectivity index (χ2v) is 5.27. The van der Waals surface area contributed by atoms with Gasteiger partial charge in [0.05, 0.1) is 18.3 Å². The molecule has 0 saturated heterocycles. The van der Waals surface area contributed by atoms with Crippen molar-refractivity contribution < 1.29 is 9.90 Å². The van der Waals surface area contributed by atoms with Gasteiger partial charge in [-0.2, -0.15) is 0 Å². The summed E-state index contributed by atoms with van der Waals surface area (Å²) in [6.45, 7) is 4.66. The Hall–Kier alpha value is -2.53. The maximum atomic E-state index is 12.3. The highest BCUT2D eigenvalue weighted by molar-refractivity contribution is 5.91. The van der Waals surface area contributed by atoms with E-state index in [4.69, 9.17) is 0 Å². The Morgan fingerprint density at radius 1 is 1.30 bits per heavy atom. The minimum Gasteiger partial charge on any atom is -0.387 e. The van der Waals surface area contributed by atoms with Gasteiger partial charge in [0.15, 0.2) is 0 Å². The van der Waals surface area contributed by atoms with Gasteiger partial charge in [0.1, 0.15) is 6.33 Å². The van der Waals surface area contributed by atoms with Gasteiger partial charge in [-0.3, -0.25) is 4.79 Å². The van der Waals surface area contributed by atoms with Crippen molar-refractivity contribution in [1.82, 2.24) is 14.9 Å². The first kappa shape index (κ1) is 16.8. The second-order valence-electron chi connectivity index (χ2n) is 5.27. The number of benzene rings is 1. The molecule has 1 atom stereocenters. The largest absolute Gasteiger partial charge is 0.387 e. The van der Waals surface area contributed by atoms with Gasteiger partial charge in [-0.25, -0.2) is 9.97 Å². The number of carbonyl (C=O) groups is 1. The Morgan fingerprint density at radius 3 is 2.65 bits per heavy atom. The Kier molecular flexibility index (Phi) is 6.00. The quantitative estimate of drug-likeness (QED) is 0.832. The molecule has 1 aromatic heterocycles. The average molecular weight is 311 g/mol. The smallest absolute Gasteiger partial charge is 0.246 e. The van der Waals surface area contributed by atoms with E-state index in [1.165, 1.54) is 12.4 Å². The molecule has 0 fully saturated rings. The summed E-state index contributed by atoms with van der Waals surface area (Å²) in [5.74, 6) is -0.155. The van der Waals surface area contributed by atoms with Gasteiger partial charge in [-0.15, -0.1) is 0 Å². The van der Waals surface area contributed by atoms with Crippen LogP contribution in [0, 0.1) is 6.92 Å². The van der Waals surface area contributed by atoms with Crippen LogP contribution >= 0.6 is 0 Å². The molecule has 1 aromatic carbocycles. The number of hydrogen-bond acceptors (Lipinski definition) is 4. The zero-order chi connectivity index (χ0) is 16.7. The molecule has 120 valence electrons. The summed E-state index contributed by atoms with van der Waals surface area (Å²) in [5, 5.41) is 10.3. The highest BCUT2D eigenvalue weighted by Gasteiger charge is 2.15. The molecule has 0 aliphatic rings. The molecule has 1 amide bonds. The summed E-state index contributed by atoms with van der Waals surface area (Å²) in [7, 11) is 0. The van der Waals surface area contributed by atoms with E-state index < -0.39 is 6.10 Å². The summed E-state index contributed by atoms with van der Waals surface area (Å²) < 4.78 is 0. The monoisotopic (exact) mass is 311 g/mol. The van der Waals surface area contributed by atoms with Crippen molar-refractivity contribution in [3.63, 3.8) is 0 Å². The van der Waals surface area contributed by atoms with Gasteiger partial charge in [-0.05, 0) is 31.6 Å². The van der Waals surface area contributed by atoms with Gasteiger partial charge in [0, 0.05) is 18.8 Å². The molecule has 0 bridgehead atoms. The van der Waals surface area contributed by atoms with Gasteiger partial charge in [0.25, 0.3) is 0 Å². The first-order valence-corrected chi connectivity index (χ1v) is 7.57. The number of aryl methyl sites for hydroxylation is 1. The summed E-state index contributed by atoms with van der Waals surface area (Å²) in [6, 6.07) is 9.39. The number of aliphatic hydroxyl groups is 1. The van der Waals surface area contributed by atoms with Gasteiger partial charge in [0.2, 0.25) is 5.91 Å². The molecule has 0 saturated carbocycles. The van der Waals surface area contributed by atoms with Crippen molar-refractivity contribution in [1.29, 1.82) is 0 Å². The van der Waals surface area contributed by atoms with Crippen LogP contribution in [0.4, 0.5) is 0 Å². The Balaban J connectivity index is 1.99. The molecular formula is C18H21N3O2. The van der Waals surface area contributed by atoms with Gasteiger partial charge in [-0.1, -0.05) is 29.8 Å². The zero-order valence-electron chi connectivity index (χ0n) is 13.4. The second kappa shape index (κ2) is 8.19. The lowest BCUT2D eigenvalue weighted by atomic mass is 10.1. The number of likely N-dealkylation sites (N-methyl/N-ethyl adjacent to an activating group) is 1. The third-order valence-electron chi connectivity index (χ3n) is 3.55. The molecular weight excluding hydrogens is 290 g/mol. The number of rotatable bonds is 6. The van der Waals surface area contributed by atoms with Crippen LogP contribution in [0.1, 0.15) is 29.8 Å². The van der Waals surface area contributed by atoms with Crippen LogP contribution in [0.5, 0.6) is 0 Å². The number of nitrogens with zero attached hydrogens (tertiary/aromatic N) is 3. The highest BCUT2D eigenvalue weighted by Crippen LogP contribution is 2.15. The molecule has 0 aliphatic carbocycles. The van der Waals surface area contributed by atoms with E-state index in [9.17, 15) is 9.90 Å². The summed E-state index contributed by atoms with van der Waals surface area (Å²) in [6.07, 6.45) is 5.46. The average Bonchev–Trinajstić information content (AvgIpc) is 2.59. The summed E-state index contributed by atoms with van der Waals surface area (Å²) >= 11 is 0. The fourth-order valence-corrected chi connectivity index (χ4v) is 2.14. The molecule has 1 heterocycles. The highest BCUT2D eigenvalue weighted by atomic mass is 16.3. The van der Waals surface area contributed by atoms with Crippen molar-refractivity contribution in [2.75, 3.05) is 13.1 Å². The lowest BCUT2D eigenvalue weighted by Gasteiger charge is -2.23. The normalized spacial score (nSPS) is 12.3. The Bertz CT molecular complexity index is 654. The number of aromatic nitrogens is 2. The maximum Gasteiger partial charge on any atom is 0.246 e. The maximum absolute atomic E-state index is 12.3. The van der Waals surface area contributed by atoms with Gasteiger partial charge >= 0.3 is 0 Å². The van der Waals surface area contributed by atoms with Crippen LogP contribution < -0.4 is 0 Å². The minimum absolute atomic E-state index is 0.155. The molecule has 1 N–H and O–H groups in total. The predicted molar refractivity (Wildman–Crippen MR) is 89.5 cm³/mol. The molecule has 0 aliphatic heterocycles. The van der Waals surface area contributed by atoms with Crippen molar-refractivity contribution in [2.24, 2.45) is 0 Å². The SMILES string of the molecule is CCN(CC(O)c1ccc(C)cc1)C(=O)/C=C/c1ccncn1. The van der Waals surface area contributed by atoms with Crippen LogP contribution in [0.2, 0.25) is 0 Å². The molecule has 0 radical (unpaired) electrons. The molecule has 5 heteroatoms. The van der Waals surface area contributed by atoms with Crippen molar-refractivity contribution in [2.45, 2.75) is 20.0 Å². The summed E-state index contributed by atoms with van der Waals surface area (Å²) in [5.41, 5.74) is 2.61. The summed E-state index contributed by atoms with van der Waals surface area (Å²) in [4.78, 5) is 21.7. The van der Waals surface area contributed by atoms with E-state index in [0.29, 0.717) is 12.2 Å². The van der Waals surface area contributed by atoms with Crippen LogP contribution in [0.3, 0.4) is 0 Å². The number of amides is 1. The lowest BCUT2D eigenvalue weighted by Crippen LogP contribution is -2.33. The van der Waals surface area contributed by atoms with E-state index in [1.54, 1.807) is 23.2 Å². The molecule has 23 heavy (non-hydrogen) atoms. The van der Waals surface area contributed by atoms with Crippen LogP contribution in [0.15, 0.2) is 48.9 Å². The van der Waals surface area contributed by atoms with E-state index in [-0.39, 0.29) is 12.5 Å². The van der Waals surface area contributed by atoms with Crippen molar-refractivity contribution in [3.05, 3.63) is 65.8 Å².